The Hall–Kier alpha value is -3.57. The van der Waals surface area contributed by atoms with Gasteiger partial charge in [0.1, 0.15) is 23.2 Å². The van der Waals surface area contributed by atoms with Crippen LogP contribution in [-0.2, 0) is 20.7 Å². The number of allylic oxidation sites excluding steroid dienone is 3. The maximum Gasteiger partial charge on any atom is 0.257 e. The number of nitriles is 1. The van der Waals surface area contributed by atoms with Gasteiger partial charge in [-0.3, -0.25) is 9.59 Å². The largest absolute Gasteiger partial charge is 0.483 e. The first-order chi connectivity index (χ1) is 15.8. The number of amides is 1. The number of carbonyl (C=O) groups is 2. The minimum absolute atomic E-state index is 0.0606. The van der Waals surface area contributed by atoms with Crippen LogP contribution in [0.25, 0.3) is 0 Å². The van der Waals surface area contributed by atoms with E-state index < -0.39 is 5.92 Å². The summed E-state index contributed by atoms with van der Waals surface area (Å²) >= 11 is 3.43. The summed E-state index contributed by atoms with van der Waals surface area (Å²) in [5.41, 5.74) is 8.05. The number of ether oxygens (including phenoxy) is 2. The van der Waals surface area contributed by atoms with Gasteiger partial charge in [0.2, 0.25) is 5.88 Å². The van der Waals surface area contributed by atoms with E-state index in [1.165, 1.54) is 6.92 Å². The van der Waals surface area contributed by atoms with Crippen molar-refractivity contribution in [1.29, 1.82) is 5.26 Å². The number of nitrogens with one attached hydrogen (secondary N) is 1. The lowest BCUT2D eigenvalue weighted by atomic mass is 9.81. The number of halogens is 1. The van der Waals surface area contributed by atoms with E-state index in [-0.39, 0.29) is 29.8 Å². The number of hydrogen-bond acceptors (Lipinski definition) is 6. The summed E-state index contributed by atoms with van der Waals surface area (Å²) < 4.78 is 12.0. The molecule has 1 amide bonds. The zero-order valence-electron chi connectivity index (χ0n) is 18.4. The third kappa shape index (κ3) is 5.82. The molecule has 0 saturated heterocycles. The highest BCUT2D eigenvalue weighted by Crippen LogP contribution is 2.43. The SMILES string of the molecule is CC(=O)C1=C(C)OC(N)=C(C#N)C1c1cc(Br)ccc1OCC(=O)NCCc1ccccc1. The first-order valence-electron chi connectivity index (χ1n) is 10.3. The fourth-order valence-electron chi connectivity index (χ4n) is 3.71. The molecule has 7 nitrogen and oxygen atoms in total. The second kappa shape index (κ2) is 10.8. The summed E-state index contributed by atoms with van der Waals surface area (Å²) in [6.45, 7) is 3.30. The topological polar surface area (TPSA) is 114 Å². The molecule has 0 aliphatic carbocycles. The highest BCUT2D eigenvalue weighted by molar-refractivity contribution is 9.10. The van der Waals surface area contributed by atoms with E-state index in [4.69, 9.17) is 15.2 Å². The van der Waals surface area contributed by atoms with Gasteiger partial charge in [0.15, 0.2) is 12.4 Å². The van der Waals surface area contributed by atoms with Gasteiger partial charge in [-0.05, 0) is 44.0 Å². The van der Waals surface area contributed by atoms with Gasteiger partial charge in [0, 0.05) is 22.2 Å². The average Bonchev–Trinajstić information content (AvgIpc) is 2.78. The Kier molecular flexibility index (Phi) is 7.91. The number of nitrogens with zero attached hydrogens (tertiary/aromatic N) is 1. The Bertz CT molecular complexity index is 1170. The van der Waals surface area contributed by atoms with Crippen LogP contribution in [0.1, 0.15) is 30.9 Å². The van der Waals surface area contributed by atoms with Crippen LogP contribution in [0.3, 0.4) is 0 Å². The van der Waals surface area contributed by atoms with Crippen molar-refractivity contribution in [2.45, 2.75) is 26.2 Å². The molecule has 8 heteroatoms. The van der Waals surface area contributed by atoms with Crippen LogP contribution in [0.5, 0.6) is 5.75 Å². The molecule has 2 aromatic carbocycles. The molecule has 33 heavy (non-hydrogen) atoms. The predicted molar refractivity (Wildman–Crippen MR) is 127 cm³/mol. The molecule has 0 spiro atoms. The molecule has 170 valence electrons. The van der Waals surface area contributed by atoms with Gasteiger partial charge in [0.25, 0.3) is 5.91 Å². The minimum atomic E-state index is -0.769. The zero-order valence-corrected chi connectivity index (χ0v) is 19.9. The average molecular weight is 510 g/mol. The van der Waals surface area contributed by atoms with Crippen molar-refractivity contribution in [3.05, 3.63) is 86.9 Å². The van der Waals surface area contributed by atoms with Crippen LogP contribution in [0.2, 0.25) is 0 Å². The number of nitrogens with two attached hydrogens (primary N) is 1. The van der Waals surface area contributed by atoms with Gasteiger partial charge in [-0.15, -0.1) is 0 Å². The van der Waals surface area contributed by atoms with Crippen LogP contribution in [0, 0.1) is 11.3 Å². The minimum Gasteiger partial charge on any atom is -0.483 e. The molecule has 3 rings (SSSR count). The second-order valence-corrected chi connectivity index (χ2v) is 8.42. The molecule has 1 aliphatic heterocycles. The molecule has 0 fully saturated rings. The maximum absolute atomic E-state index is 12.4. The fourth-order valence-corrected chi connectivity index (χ4v) is 4.09. The molecule has 1 atom stereocenters. The zero-order chi connectivity index (χ0) is 24.0. The van der Waals surface area contributed by atoms with E-state index in [9.17, 15) is 14.9 Å². The van der Waals surface area contributed by atoms with Crippen molar-refractivity contribution in [1.82, 2.24) is 5.32 Å². The molecule has 1 aliphatic rings. The molecule has 1 unspecified atom stereocenters. The number of rotatable bonds is 8. The Morgan fingerprint density at radius 3 is 2.64 bits per heavy atom. The molecular formula is C25H24BrN3O4. The predicted octanol–water partition coefficient (Wildman–Crippen LogP) is 3.86. The third-order valence-electron chi connectivity index (χ3n) is 5.21. The van der Waals surface area contributed by atoms with E-state index in [0.29, 0.717) is 35.6 Å². The Morgan fingerprint density at radius 1 is 1.24 bits per heavy atom. The van der Waals surface area contributed by atoms with Gasteiger partial charge in [0.05, 0.1) is 5.92 Å². The number of benzene rings is 2. The number of ketones is 1. The molecule has 0 aromatic heterocycles. The third-order valence-corrected chi connectivity index (χ3v) is 5.70. The molecule has 1 heterocycles. The fraction of sp³-hybridized carbons (Fsp3) is 0.240. The lowest BCUT2D eigenvalue weighted by Crippen LogP contribution is -2.31. The van der Waals surface area contributed by atoms with Crippen molar-refractivity contribution in [3.63, 3.8) is 0 Å². The van der Waals surface area contributed by atoms with E-state index in [1.807, 2.05) is 30.3 Å². The Balaban J connectivity index is 1.80. The lowest BCUT2D eigenvalue weighted by Gasteiger charge is -2.28. The van der Waals surface area contributed by atoms with Gasteiger partial charge in [-0.25, -0.2) is 0 Å². The standard InChI is InChI=1S/C25H24BrN3O4/c1-15(30)23-16(2)33-25(28)20(13-27)24(23)19-12-18(26)8-9-21(19)32-14-22(31)29-11-10-17-6-4-3-5-7-17/h3-9,12,24H,10-11,14,28H2,1-2H3,(H,29,31). The summed E-state index contributed by atoms with van der Waals surface area (Å²) in [5.74, 6) is -0.656. The van der Waals surface area contributed by atoms with Crippen LogP contribution >= 0.6 is 15.9 Å². The van der Waals surface area contributed by atoms with Crippen molar-refractivity contribution in [2.75, 3.05) is 13.2 Å². The molecule has 0 radical (unpaired) electrons. The van der Waals surface area contributed by atoms with Crippen molar-refractivity contribution < 1.29 is 19.1 Å². The van der Waals surface area contributed by atoms with E-state index in [2.05, 4.69) is 27.3 Å². The molecule has 0 saturated carbocycles. The highest BCUT2D eigenvalue weighted by Gasteiger charge is 2.35. The van der Waals surface area contributed by atoms with Crippen molar-refractivity contribution >= 4 is 27.6 Å². The smallest absolute Gasteiger partial charge is 0.257 e. The molecular weight excluding hydrogens is 486 g/mol. The second-order valence-electron chi connectivity index (χ2n) is 7.51. The van der Waals surface area contributed by atoms with Gasteiger partial charge >= 0.3 is 0 Å². The van der Waals surface area contributed by atoms with Crippen molar-refractivity contribution in [2.24, 2.45) is 5.73 Å². The van der Waals surface area contributed by atoms with Crippen LogP contribution in [0.4, 0.5) is 0 Å². The van der Waals surface area contributed by atoms with Crippen LogP contribution in [0.15, 0.2) is 75.8 Å². The van der Waals surface area contributed by atoms with Crippen LogP contribution in [-0.4, -0.2) is 24.8 Å². The molecule has 3 N–H and O–H groups in total. The maximum atomic E-state index is 12.4. The van der Waals surface area contributed by atoms with Crippen molar-refractivity contribution in [3.8, 4) is 11.8 Å². The van der Waals surface area contributed by atoms with E-state index >= 15 is 0 Å². The lowest BCUT2D eigenvalue weighted by molar-refractivity contribution is -0.123. The van der Waals surface area contributed by atoms with Crippen LogP contribution < -0.4 is 15.8 Å². The summed E-state index contributed by atoms with van der Waals surface area (Å²) in [6.07, 6.45) is 0.708. The van der Waals surface area contributed by atoms with E-state index in [1.54, 1.807) is 25.1 Å². The first kappa shape index (κ1) is 24.1. The normalized spacial score (nSPS) is 15.5. The Morgan fingerprint density at radius 2 is 1.97 bits per heavy atom. The quantitative estimate of drug-likeness (QED) is 0.558. The molecule has 0 bridgehead atoms. The first-order valence-corrected chi connectivity index (χ1v) is 11.1. The summed E-state index contributed by atoms with van der Waals surface area (Å²) in [5, 5.41) is 12.6. The Labute approximate surface area is 201 Å². The summed E-state index contributed by atoms with van der Waals surface area (Å²) in [4.78, 5) is 24.8. The van der Waals surface area contributed by atoms with Gasteiger partial charge in [-0.1, -0.05) is 46.3 Å². The highest BCUT2D eigenvalue weighted by atomic mass is 79.9. The van der Waals surface area contributed by atoms with Gasteiger partial charge < -0.3 is 20.5 Å². The van der Waals surface area contributed by atoms with E-state index in [0.717, 1.165) is 10.0 Å². The monoisotopic (exact) mass is 509 g/mol. The molecule has 2 aromatic rings. The number of hydrogen-bond donors (Lipinski definition) is 2. The van der Waals surface area contributed by atoms with Gasteiger partial charge in [-0.2, -0.15) is 5.26 Å². The number of carbonyl (C=O) groups excluding carboxylic acids is 2. The summed E-state index contributed by atoms with van der Waals surface area (Å²) in [7, 11) is 0. The summed E-state index contributed by atoms with van der Waals surface area (Å²) in [6, 6.07) is 17.1. The number of Topliss-reactive ketones (excluding diaryl/α,β-unsaturated/α-hetero) is 1.